The molecule has 2 aromatic rings. The van der Waals surface area contributed by atoms with Crippen LogP contribution in [0.15, 0.2) is 54.6 Å². The molecule has 0 bridgehead atoms. The Bertz CT molecular complexity index is 724. The summed E-state index contributed by atoms with van der Waals surface area (Å²) in [6.45, 7) is 2.09. The number of amides is 1. The van der Waals surface area contributed by atoms with Crippen LogP contribution in [0.25, 0.3) is 0 Å². The van der Waals surface area contributed by atoms with Gasteiger partial charge in [-0.05, 0) is 30.2 Å². The maximum atomic E-state index is 12.3. The first kappa shape index (κ1) is 20.3. The Hall–Kier alpha value is -1.98. The Kier molecular flexibility index (Phi) is 8.51. The van der Waals surface area contributed by atoms with E-state index in [1.54, 1.807) is 6.92 Å². The van der Waals surface area contributed by atoms with E-state index in [-0.39, 0.29) is 18.3 Å². The Morgan fingerprint density at radius 3 is 2.62 bits per heavy atom. The van der Waals surface area contributed by atoms with Gasteiger partial charge in [0.15, 0.2) is 0 Å². The summed E-state index contributed by atoms with van der Waals surface area (Å²) in [5.41, 5.74) is 1.95. The number of hydrogen-bond acceptors (Lipinski definition) is 4. The van der Waals surface area contributed by atoms with Crippen molar-refractivity contribution in [3.05, 3.63) is 70.7 Å². The average molecular weight is 392 g/mol. The molecule has 0 aliphatic heterocycles. The number of thioether (sulfide) groups is 1. The van der Waals surface area contributed by atoms with Gasteiger partial charge in [-0.25, -0.2) is 0 Å². The number of esters is 1. The minimum Gasteiger partial charge on any atom is -0.466 e. The van der Waals surface area contributed by atoms with Crippen molar-refractivity contribution in [1.82, 2.24) is 5.32 Å². The second-order valence-electron chi connectivity index (χ2n) is 5.66. The minimum absolute atomic E-state index is 0.114. The first-order valence-corrected chi connectivity index (χ1v) is 9.94. The number of carbonyl (C=O) groups is 2. The van der Waals surface area contributed by atoms with Gasteiger partial charge in [0.05, 0.1) is 24.8 Å². The van der Waals surface area contributed by atoms with Crippen LogP contribution in [0.2, 0.25) is 5.02 Å². The van der Waals surface area contributed by atoms with Gasteiger partial charge >= 0.3 is 5.97 Å². The predicted octanol–water partition coefficient (Wildman–Crippen LogP) is 4.38. The van der Waals surface area contributed by atoms with Crippen LogP contribution in [0, 0.1) is 0 Å². The third kappa shape index (κ3) is 7.10. The highest BCUT2D eigenvalue weighted by molar-refractivity contribution is 7.99. The van der Waals surface area contributed by atoms with Gasteiger partial charge in [0.2, 0.25) is 5.91 Å². The van der Waals surface area contributed by atoms with Crippen LogP contribution in [0.3, 0.4) is 0 Å². The maximum absolute atomic E-state index is 12.3. The summed E-state index contributed by atoms with van der Waals surface area (Å²) in [5.74, 6) is 0.559. The molecule has 2 aromatic carbocycles. The molecule has 0 saturated heterocycles. The summed E-state index contributed by atoms with van der Waals surface area (Å²) >= 11 is 7.47. The molecule has 0 aromatic heterocycles. The first-order valence-electron chi connectivity index (χ1n) is 8.40. The van der Waals surface area contributed by atoms with Crippen LogP contribution in [0.4, 0.5) is 0 Å². The Balaban J connectivity index is 1.89. The van der Waals surface area contributed by atoms with Crippen molar-refractivity contribution in [2.45, 2.75) is 25.1 Å². The van der Waals surface area contributed by atoms with E-state index in [0.717, 1.165) is 11.1 Å². The van der Waals surface area contributed by atoms with Gasteiger partial charge in [-0.2, -0.15) is 0 Å². The van der Waals surface area contributed by atoms with Gasteiger partial charge in [-0.3, -0.25) is 9.59 Å². The van der Waals surface area contributed by atoms with Crippen molar-refractivity contribution < 1.29 is 14.3 Å². The lowest BCUT2D eigenvalue weighted by atomic mass is 10.0. The predicted molar refractivity (Wildman–Crippen MR) is 106 cm³/mol. The zero-order chi connectivity index (χ0) is 18.8. The van der Waals surface area contributed by atoms with Crippen molar-refractivity contribution in [3.63, 3.8) is 0 Å². The lowest BCUT2D eigenvalue weighted by molar-refractivity contribution is -0.143. The zero-order valence-electron chi connectivity index (χ0n) is 14.6. The molecule has 1 unspecified atom stereocenters. The number of nitrogens with one attached hydrogen (secondary N) is 1. The molecule has 0 aliphatic rings. The minimum atomic E-state index is -0.394. The van der Waals surface area contributed by atoms with Crippen molar-refractivity contribution in [3.8, 4) is 0 Å². The third-order valence-electron chi connectivity index (χ3n) is 3.60. The molecule has 1 amide bonds. The molecule has 0 heterocycles. The molecule has 0 fully saturated rings. The van der Waals surface area contributed by atoms with Gasteiger partial charge in [0.25, 0.3) is 0 Å². The zero-order valence-corrected chi connectivity index (χ0v) is 16.2. The van der Waals surface area contributed by atoms with Crippen LogP contribution in [0.1, 0.15) is 30.5 Å². The topological polar surface area (TPSA) is 55.4 Å². The van der Waals surface area contributed by atoms with Crippen molar-refractivity contribution >= 4 is 35.2 Å². The number of halogens is 1. The van der Waals surface area contributed by atoms with Gasteiger partial charge in [-0.1, -0.05) is 54.1 Å². The Morgan fingerprint density at radius 2 is 1.92 bits per heavy atom. The van der Waals surface area contributed by atoms with Gasteiger partial charge in [0, 0.05) is 10.8 Å². The molecule has 1 atom stereocenters. The second-order valence-corrected chi connectivity index (χ2v) is 7.08. The quantitative estimate of drug-likeness (QED) is 0.644. The molecular weight excluding hydrogens is 370 g/mol. The summed E-state index contributed by atoms with van der Waals surface area (Å²) < 4.78 is 5.02. The lowest BCUT2D eigenvalue weighted by Gasteiger charge is -2.18. The fourth-order valence-electron chi connectivity index (χ4n) is 2.45. The summed E-state index contributed by atoms with van der Waals surface area (Å²) in [4.78, 5) is 24.2. The van der Waals surface area contributed by atoms with E-state index in [9.17, 15) is 9.59 Å². The average Bonchev–Trinajstić information content (AvgIpc) is 2.62. The smallest absolute Gasteiger partial charge is 0.308 e. The van der Waals surface area contributed by atoms with Gasteiger partial charge in [0.1, 0.15) is 0 Å². The van der Waals surface area contributed by atoms with Crippen molar-refractivity contribution in [1.29, 1.82) is 0 Å². The molecule has 6 heteroatoms. The molecule has 0 spiro atoms. The number of benzene rings is 2. The van der Waals surface area contributed by atoms with E-state index in [0.29, 0.717) is 23.1 Å². The molecule has 0 aliphatic carbocycles. The molecule has 4 nitrogen and oxygen atoms in total. The van der Waals surface area contributed by atoms with E-state index >= 15 is 0 Å². The summed E-state index contributed by atoms with van der Waals surface area (Å²) in [6, 6.07) is 16.6. The SMILES string of the molecule is CCOC(=O)CC(NC(=O)CSCc1cccc(Cl)c1)c1ccccc1. The summed E-state index contributed by atoms with van der Waals surface area (Å²) in [5, 5.41) is 3.62. The summed E-state index contributed by atoms with van der Waals surface area (Å²) in [6.07, 6.45) is 0.114. The standard InChI is InChI=1S/C20H22ClNO3S/c1-2-25-20(24)12-18(16-8-4-3-5-9-16)22-19(23)14-26-13-15-7-6-10-17(21)11-15/h3-11,18H,2,12-14H2,1H3,(H,22,23). The largest absolute Gasteiger partial charge is 0.466 e. The molecular formula is C20H22ClNO3S. The van der Waals surface area contributed by atoms with E-state index in [4.69, 9.17) is 16.3 Å². The first-order chi connectivity index (χ1) is 12.6. The molecule has 0 radical (unpaired) electrons. The highest BCUT2D eigenvalue weighted by Gasteiger charge is 2.19. The summed E-state index contributed by atoms with van der Waals surface area (Å²) in [7, 11) is 0. The fraction of sp³-hybridized carbons (Fsp3) is 0.300. The molecule has 138 valence electrons. The number of hydrogen-bond donors (Lipinski definition) is 1. The fourth-order valence-corrected chi connectivity index (χ4v) is 3.45. The van der Waals surface area contributed by atoms with E-state index in [2.05, 4.69) is 5.32 Å². The number of carbonyl (C=O) groups excluding carboxylic acids is 2. The van der Waals surface area contributed by atoms with Crippen LogP contribution in [-0.4, -0.2) is 24.2 Å². The highest BCUT2D eigenvalue weighted by atomic mass is 35.5. The van der Waals surface area contributed by atoms with E-state index < -0.39 is 6.04 Å². The second kappa shape index (κ2) is 10.9. The van der Waals surface area contributed by atoms with E-state index in [1.807, 2.05) is 54.6 Å². The maximum Gasteiger partial charge on any atom is 0.308 e. The van der Waals surface area contributed by atoms with E-state index in [1.165, 1.54) is 11.8 Å². The highest BCUT2D eigenvalue weighted by Crippen LogP contribution is 2.19. The monoisotopic (exact) mass is 391 g/mol. The van der Waals surface area contributed by atoms with Crippen LogP contribution >= 0.6 is 23.4 Å². The molecule has 1 N–H and O–H groups in total. The number of ether oxygens (including phenoxy) is 1. The molecule has 26 heavy (non-hydrogen) atoms. The Morgan fingerprint density at radius 1 is 1.15 bits per heavy atom. The van der Waals surface area contributed by atoms with Crippen LogP contribution in [0.5, 0.6) is 0 Å². The Labute approximate surface area is 163 Å². The lowest BCUT2D eigenvalue weighted by Crippen LogP contribution is -2.32. The van der Waals surface area contributed by atoms with Gasteiger partial charge in [-0.15, -0.1) is 11.8 Å². The molecule has 0 saturated carbocycles. The van der Waals surface area contributed by atoms with Crippen molar-refractivity contribution in [2.24, 2.45) is 0 Å². The van der Waals surface area contributed by atoms with Crippen LogP contribution < -0.4 is 5.32 Å². The van der Waals surface area contributed by atoms with Crippen molar-refractivity contribution in [2.75, 3.05) is 12.4 Å². The number of rotatable bonds is 9. The van der Waals surface area contributed by atoms with Crippen LogP contribution in [-0.2, 0) is 20.1 Å². The van der Waals surface area contributed by atoms with Gasteiger partial charge < -0.3 is 10.1 Å². The third-order valence-corrected chi connectivity index (χ3v) is 4.84. The normalized spacial score (nSPS) is 11.6. The molecule has 2 rings (SSSR count).